The Morgan fingerprint density at radius 1 is 1.00 bits per heavy atom. The van der Waals surface area contributed by atoms with E-state index >= 15 is 0 Å². The topological polar surface area (TPSA) is 34.1 Å². The molecule has 0 atom stereocenters. The molecule has 1 aromatic rings. The molecule has 0 aliphatic carbocycles. The third-order valence-electron chi connectivity index (χ3n) is 2.04. The Balaban J connectivity index is 3.12. The van der Waals surface area contributed by atoms with Crippen molar-refractivity contribution in [3.8, 4) is 0 Å². The standard InChI is InChI=1S/C14H13ClO2/c1-10(16)3-5-12-7-8-14(15)9-13(12)6-4-11(2)17/h3-9H,1-2H3/b5-3+,6-4+. The molecule has 3 heteroatoms. The van der Waals surface area contributed by atoms with Crippen molar-refractivity contribution in [1.82, 2.24) is 0 Å². The third kappa shape index (κ3) is 4.79. The lowest BCUT2D eigenvalue weighted by Gasteiger charge is -2.01. The molecular weight excluding hydrogens is 236 g/mol. The Labute approximate surface area is 106 Å². The largest absolute Gasteiger partial charge is 0.295 e. The van der Waals surface area contributed by atoms with Gasteiger partial charge in [-0.3, -0.25) is 9.59 Å². The van der Waals surface area contributed by atoms with Crippen molar-refractivity contribution in [3.63, 3.8) is 0 Å². The molecule has 0 bridgehead atoms. The molecule has 1 aromatic carbocycles. The maximum Gasteiger partial charge on any atom is 0.152 e. The molecule has 0 heterocycles. The number of ketones is 2. The molecule has 0 spiro atoms. The van der Waals surface area contributed by atoms with Crippen LogP contribution in [0.5, 0.6) is 0 Å². The Morgan fingerprint density at radius 2 is 1.53 bits per heavy atom. The number of allylic oxidation sites excluding steroid dienone is 2. The number of rotatable bonds is 4. The molecular formula is C14H13ClO2. The first-order valence-electron chi connectivity index (χ1n) is 5.16. The van der Waals surface area contributed by atoms with Crippen LogP contribution in [0.4, 0.5) is 0 Å². The SMILES string of the molecule is CC(=O)/C=C/c1ccc(Cl)cc1/C=C/C(C)=O. The second-order valence-corrected chi connectivity index (χ2v) is 4.10. The minimum absolute atomic E-state index is 0.0264. The fraction of sp³-hybridized carbons (Fsp3) is 0.143. The Bertz CT molecular complexity index is 499. The van der Waals surface area contributed by atoms with E-state index in [1.54, 1.807) is 24.3 Å². The average molecular weight is 249 g/mol. The molecule has 2 nitrogen and oxygen atoms in total. The summed E-state index contributed by atoms with van der Waals surface area (Å²) in [5.41, 5.74) is 1.66. The highest BCUT2D eigenvalue weighted by Crippen LogP contribution is 2.19. The average Bonchev–Trinajstić information content (AvgIpc) is 2.24. The normalized spacial score (nSPS) is 11.2. The van der Waals surface area contributed by atoms with Gasteiger partial charge >= 0.3 is 0 Å². The van der Waals surface area contributed by atoms with Crippen LogP contribution >= 0.6 is 11.6 Å². The van der Waals surface area contributed by atoms with Crippen LogP contribution in [-0.2, 0) is 9.59 Å². The predicted octanol–water partition coefficient (Wildman–Crippen LogP) is 3.54. The fourth-order valence-electron chi connectivity index (χ4n) is 1.26. The lowest BCUT2D eigenvalue weighted by atomic mass is 10.1. The van der Waals surface area contributed by atoms with Crippen LogP contribution in [0.1, 0.15) is 25.0 Å². The highest BCUT2D eigenvalue weighted by Gasteiger charge is 1.98. The van der Waals surface area contributed by atoms with Gasteiger partial charge in [0.05, 0.1) is 0 Å². The first kappa shape index (κ1) is 13.4. The quantitative estimate of drug-likeness (QED) is 0.764. The Kier molecular flexibility index (Phi) is 4.85. The van der Waals surface area contributed by atoms with E-state index in [9.17, 15) is 9.59 Å². The fourth-order valence-corrected chi connectivity index (χ4v) is 1.44. The van der Waals surface area contributed by atoms with Crippen molar-refractivity contribution >= 4 is 35.3 Å². The van der Waals surface area contributed by atoms with Gasteiger partial charge in [-0.15, -0.1) is 0 Å². The van der Waals surface area contributed by atoms with E-state index in [-0.39, 0.29) is 11.6 Å². The summed E-state index contributed by atoms with van der Waals surface area (Å²) in [6, 6.07) is 5.30. The molecule has 0 aliphatic rings. The van der Waals surface area contributed by atoms with Gasteiger partial charge in [-0.2, -0.15) is 0 Å². The van der Waals surface area contributed by atoms with Gasteiger partial charge in [0.2, 0.25) is 0 Å². The molecule has 1 rings (SSSR count). The van der Waals surface area contributed by atoms with Crippen LogP contribution in [0.25, 0.3) is 12.2 Å². The second-order valence-electron chi connectivity index (χ2n) is 3.66. The molecule has 17 heavy (non-hydrogen) atoms. The van der Waals surface area contributed by atoms with Gasteiger partial charge in [-0.05, 0) is 49.3 Å². The van der Waals surface area contributed by atoms with Crippen LogP contribution in [0.15, 0.2) is 30.4 Å². The maximum atomic E-state index is 10.9. The lowest BCUT2D eigenvalue weighted by molar-refractivity contribution is -0.113. The first-order valence-corrected chi connectivity index (χ1v) is 5.53. The number of carbonyl (C=O) groups excluding carboxylic acids is 2. The van der Waals surface area contributed by atoms with E-state index in [4.69, 9.17) is 11.6 Å². The summed E-state index contributed by atoms with van der Waals surface area (Å²) in [5.74, 6) is -0.0621. The van der Waals surface area contributed by atoms with Gasteiger partial charge in [-0.1, -0.05) is 29.8 Å². The number of hydrogen-bond donors (Lipinski definition) is 0. The van der Waals surface area contributed by atoms with Gasteiger partial charge in [-0.25, -0.2) is 0 Å². The molecule has 88 valence electrons. The molecule has 0 aliphatic heterocycles. The van der Waals surface area contributed by atoms with E-state index < -0.39 is 0 Å². The summed E-state index contributed by atoms with van der Waals surface area (Å²) >= 11 is 5.88. The molecule has 0 aromatic heterocycles. The summed E-state index contributed by atoms with van der Waals surface area (Å²) in [7, 11) is 0. The van der Waals surface area contributed by atoms with Gasteiger partial charge < -0.3 is 0 Å². The van der Waals surface area contributed by atoms with Crippen LogP contribution in [-0.4, -0.2) is 11.6 Å². The van der Waals surface area contributed by atoms with Crippen molar-refractivity contribution in [2.75, 3.05) is 0 Å². The van der Waals surface area contributed by atoms with E-state index in [1.165, 1.54) is 26.0 Å². The van der Waals surface area contributed by atoms with Crippen molar-refractivity contribution < 1.29 is 9.59 Å². The van der Waals surface area contributed by atoms with Crippen LogP contribution < -0.4 is 0 Å². The Morgan fingerprint density at radius 3 is 2.06 bits per heavy atom. The van der Waals surface area contributed by atoms with E-state index in [2.05, 4.69) is 0 Å². The molecule has 0 unspecified atom stereocenters. The molecule has 0 amide bonds. The zero-order valence-corrected chi connectivity index (χ0v) is 10.5. The number of carbonyl (C=O) groups is 2. The Hall–Kier alpha value is -1.67. The maximum absolute atomic E-state index is 10.9. The molecule has 0 N–H and O–H groups in total. The van der Waals surface area contributed by atoms with Crippen LogP contribution in [0.3, 0.4) is 0 Å². The molecule has 0 radical (unpaired) electrons. The zero-order chi connectivity index (χ0) is 12.8. The van der Waals surface area contributed by atoms with E-state index in [0.717, 1.165) is 11.1 Å². The van der Waals surface area contributed by atoms with Crippen molar-refractivity contribution in [2.24, 2.45) is 0 Å². The van der Waals surface area contributed by atoms with Crippen molar-refractivity contribution in [3.05, 3.63) is 46.5 Å². The summed E-state index contributed by atoms with van der Waals surface area (Å²) in [6.07, 6.45) is 6.34. The second kappa shape index (κ2) is 6.16. The number of benzene rings is 1. The van der Waals surface area contributed by atoms with Gasteiger partial charge in [0, 0.05) is 5.02 Å². The number of halogens is 1. The van der Waals surface area contributed by atoms with Crippen molar-refractivity contribution in [2.45, 2.75) is 13.8 Å². The summed E-state index contributed by atoms with van der Waals surface area (Å²) in [4.78, 5) is 21.8. The summed E-state index contributed by atoms with van der Waals surface area (Å²) in [5, 5.41) is 0.591. The van der Waals surface area contributed by atoms with Gasteiger partial charge in [0.1, 0.15) is 0 Å². The molecule has 0 fully saturated rings. The third-order valence-corrected chi connectivity index (χ3v) is 2.28. The molecule has 0 saturated heterocycles. The van der Waals surface area contributed by atoms with Crippen LogP contribution in [0.2, 0.25) is 5.02 Å². The van der Waals surface area contributed by atoms with Crippen molar-refractivity contribution in [1.29, 1.82) is 0 Å². The van der Waals surface area contributed by atoms with Gasteiger partial charge in [0.25, 0.3) is 0 Å². The molecule has 0 saturated carbocycles. The number of hydrogen-bond acceptors (Lipinski definition) is 2. The summed E-state index contributed by atoms with van der Waals surface area (Å²) in [6.45, 7) is 2.96. The highest BCUT2D eigenvalue weighted by molar-refractivity contribution is 6.30. The summed E-state index contributed by atoms with van der Waals surface area (Å²) < 4.78 is 0. The first-order chi connectivity index (χ1) is 7.99. The zero-order valence-electron chi connectivity index (χ0n) is 9.74. The smallest absolute Gasteiger partial charge is 0.152 e. The monoisotopic (exact) mass is 248 g/mol. The van der Waals surface area contributed by atoms with Gasteiger partial charge in [0.15, 0.2) is 11.6 Å². The lowest BCUT2D eigenvalue weighted by Crippen LogP contribution is -1.86. The predicted molar refractivity (Wildman–Crippen MR) is 70.9 cm³/mol. The van der Waals surface area contributed by atoms with E-state index in [0.29, 0.717) is 5.02 Å². The highest BCUT2D eigenvalue weighted by atomic mass is 35.5. The van der Waals surface area contributed by atoms with E-state index in [1.807, 2.05) is 6.07 Å². The minimum atomic E-state index is -0.0357. The minimum Gasteiger partial charge on any atom is -0.295 e. The van der Waals surface area contributed by atoms with Crippen LogP contribution in [0, 0.1) is 0 Å².